The molecule has 0 saturated heterocycles. The highest BCUT2D eigenvalue weighted by atomic mass is 16.5. The van der Waals surface area contributed by atoms with Gasteiger partial charge >= 0.3 is 0 Å². The van der Waals surface area contributed by atoms with Crippen molar-refractivity contribution in [2.24, 2.45) is 5.92 Å². The summed E-state index contributed by atoms with van der Waals surface area (Å²) in [7, 11) is 0. The minimum Gasteiger partial charge on any atom is -0.490 e. The summed E-state index contributed by atoms with van der Waals surface area (Å²) in [6, 6.07) is 6.42. The van der Waals surface area contributed by atoms with Crippen molar-refractivity contribution in [2.75, 3.05) is 6.61 Å². The van der Waals surface area contributed by atoms with Crippen LogP contribution in [0.2, 0.25) is 0 Å². The number of aromatic nitrogens is 2. The number of benzene rings is 1. The maximum Gasteiger partial charge on any atom is 0.159 e. The molecule has 1 aromatic heterocycles. The lowest BCUT2D eigenvalue weighted by Gasteiger charge is -2.31. The molecule has 4 nitrogen and oxygen atoms in total. The highest BCUT2D eigenvalue weighted by molar-refractivity contribution is 5.58. The minimum absolute atomic E-state index is 0.338. The van der Waals surface area contributed by atoms with E-state index in [9.17, 15) is 0 Å². The lowest BCUT2D eigenvalue weighted by atomic mass is 9.83. The summed E-state index contributed by atoms with van der Waals surface area (Å²) in [5.74, 6) is 3.22. The van der Waals surface area contributed by atoms with Gasteiger partial charge in [-0.05, 0) is 68.7 Å². The SMILES string of the molecule is CCCCCCCCCC(Oc1ccc(-c2ncc(OCCCCCCCC)cn2)cc1C)C1CCCCC1. The fraction of sp³-hybridized carbons (Fsp3) is 0.714. The number of hydrogen-bond acceptors (Lipinski definition) is 4. The van der Waals surface area contributed by atoms with Crippen LogP contribution in [0.4, 0.5) is 0 Å². The zero-order valence-corrected chi connectivity index (χ0v) is 25.4. The maximum atomic E-state index is 6.76. The maximum absolute atomic E-state index is 6.76. The molecule has 1 saturated carbocycles. The minimum atomic E-state index is 0.338. The molecular weight excluding hydrogens is 480 g/mol. The summed E-state index contributed by atoms with van der Waals surface area (Å²) < 4.78 is 12.6. The van der Waals surface area contributed by atoms with Crippen LogP contribution in [0.25, 0.3) is 11.4 Å². The first kappa shape index (κ1) is 31.4. The lowest BCUT2D eigenvalue weighted by molar-refractivity contribution is 0.0962. The van der Waals surface area contributed by atoms with Gasteiger partial charge in [-0.15, -0.1) is 0 Å². The van der Waals surface area contributed by atoms with E-state index in [4.69, 9.17) is 9.47 Å². The third-order valence-electron chi connectivity index (χ3n) is 8.37. The van der Waals surface area contributed by atoms with E-state index in [-0.39, 0.29) is 0 Å². The van der Waals surface area contributed by atoms with Crippen LogP contribution in [0.15, 0.2) is 30.6 Å². The van der Waals surface area contributed by atoms with Crippen molar-refractivity contribution in [1.82, 2.24) is 9.97 Å². The summed E-state index contributed by atoms with van der Waals surface area (Å²) >= 11 is 0. The average molecular weight is 537 g/mol. The van der Waals surface area contributed by atoms with E-state index in [1.54, 1.807) is 12.4 Å². The Morgan fingerprint density at radius 2 is 1.38 bits per heavy atom. The second kappa shape index (κ2) is 19.1. The summed E-state index contributed by atoms with van der Waals surface area (Å²) in [6.45, 7) is 7.43. The standard InChI is InChI=1S/C35H56N2O2/c1-4-6-8-10-12-13-18-22-34(30-20-16-15-17-21-30)39-33-24-23-31(26-29(33)3)35-36-27-32(28-37-35)38-25-19-14-11-9-7-5-2/h23-24,26-28,30,34H,4-22,25H2,1-3H3. The number of unbranched alkanes of at least 4 members (excludes halogenated alkanes) is 11. The molecule has 1 heterocycles. The number of nitrogens with zero attached hydrogens (tertiary/aromatic N) is 2. The van der Waals surface area contributed by atoms with Crippen LogP contribution in [0.1, 0.15) is 141 Å². The second-order valence-electron chi connectivity index (χ2n) is 11.8. The molecule has 0 amide bonds. The lowest BCUT2D eigenvalue weighted by Crippen LogP contribution is -2.29. The summed E-state index contributed by atoms with van der Waals surface area (Å²) in [5.41, 5.74) is 2.20. The van der Waals surface area contributed by atoms with E-state index in [1.165, 1.54) is 121 Å². The van der Waals surface area contributed by atoms with Crippen LogP contribution in [0.5, 0.6) is 11.5 Å². The Balaban J connectivity index is 1.50. The van der Waals surface area contributed by atoms with Crippen LogP contribution >= 0.6 is 0 Å². The van der Waals surface area contributed by atoms with Gasteiger partial charge in [0.2, 0.25) is 0 Å². The number of hydrogen-bond donors (Lipinski definition) is 0. The molecule has 218 valence electrons. The zero-order valence-electron chi connectivity index (χ0n) is 25.4. The van der Waals surface area contributed by atoms with E-state index in [0.717, 1.165) is 35.9 Å². The molecule has 1 aliphatic carbocycles. The van der Waals surface area contributed by atoms with E-state index >= 15 is 0 Å². The van der Waals surface area contributed by atoms with Crippen LogP contribution in [0.3, 0.4) is 0 Å². The Hall–Kier alpha value is -2.10. The normalized spacial score (nSPS) is 14.8. The average Bonchev–Trinajstić information content (AvgIpc) is 2.97. The van der Waals surface area contributed by atoms with Gasteiger partial charge in [-0.3, -0.25) is 0 Å². The third-order valence-corrected chi connectivity index (χ3v) is 8.37. The largest absolute Gasteiger partial charge is 0.490 e. The first-order valence-corrected chi connectivity index (χ1v) is 16.4. The highest BCUT2D eigenvalue weighted by Crippen LogP contribution is 2.33. The Bertz CT molecular complexity index is 892. The van der Waals surface area contributed by atoms with Gasteiger partial charge in [0, 0.05) is 5.56 Å². The van der Waals surface area contributed by atoms with Gasteiger partial charge in [0.25, 0.3) is 0 Å². The van der Waals surface area contributed by atoms with Crippen LogP contribution in [-0.2, 0) is 0 Å². The molecule has 3 rings (SSSR count). The van der Waals surface area contributed by atoms with Crippen molar-refractivity contribution in [3.63, 3.8) is 0 Å². The molecule has 0 spiro atoms. The van der Waals surface area contributed by atoms with E-state index in [2.05, 4.69) is 48.9 Å². The molecule has 4 heteroatoms. The molecule has 1 unspecified atom stereocenters. The monoisotopic (exact) mass is 536 g/mol. The van der Waals surface area contributed by atoms with Gasteiger partial charge in [0.15, 0.2) is 11.6 Å². The van der Waals surface area contributed by atoms with Crippen molar-refractivity contribution in [2.45, 2.75) is 149 Å². The molecule has 1 atom stereocenters. The van der Waals surface area contributed by atoms with Gasteiger partial charge in [-0.1, -0.05) is 104 Å². The molecular formula is C35H56N2O2. The fourth-order valence-corrected chi connectivity index (χ4v) is 5.90. The van der Waals surface area contributed by atoms with E-state index < -0.39 is 0 Å². The highest BCUT2D eigenvalue weighted by Gasteiger charge is 2.25. The Morgan fingerprint density at radius 1 is 0.769 bits per heavy atom. The smallest absolute Gasteiger partial charge is 0.159 e. The Kier molecular flexibility index (Phi) is 15.4. The number of aryl methyl sites for hydroxylation is 1. The van der Waals surface area contributed by atoms with Crippen molar-refractivity contribution >= 4 is 0 Å². The van der Waals surface area contributed by atoms with Crippen molar-refractivity contribution in [1.29, 1.82) is 0 Å². The predicted molar refractivity (Wildman–Crippen MR) is 165 cm³/mol. The first-order valence-electron chi connectivity index (χ1n) is 16.4. The summed E-state index contributed by atoms with van der Waals surface area (Å²) in [4.78, 5) is 9.19. The topological polar surface area (TPSA) is 44.2 Å². The van der Waals surface area contributed by atoms with Crippen molar-refractivity contribution in [3.05, 3.63) is 36.2 Å². The number of rotatable bonds is 20. The Labute approximate surface area is 239 Å². The van der Waals surface area contributed by atoms with Crippen molar-refractivity contribution < 1.29 is 9.47 Å². The molecule has 0 bridgehead atoms. The quantitative estimate of drug-likeness (QED) is 0.158. The Morgan fingerprint density at radius 3 is 2.03 bits per heavy atom. The molecule has 0 N–H and O–H groups in total. The zero-order chi connectivity index (χ0) is 27.5. The fourth-order valence-electron chi connectivity index (χ4n) is 5.90. The number of ether oxygens (including phenoxy) is 2. The van der Waals surface area contributed by atoms with Crippen LogP contribution < -0.4 is 9.47 Å². The van der Waals surface area contributed by atoms with Crippen LogP contribution in [-0.4, -0.2) is 22.7 Å². The summed E-state index contributed by atoms with van der Waals surface area (Å²) in [5, 5.41) is 0. The third kappa shape index (κ3) is 11.9. The van der Waals surface area contributed by atoms with Gasteiger partial charge in [-0.25, -0.2) is 9.97 Å². The molecule has 0 radical (unpaired) electrons. The molecule has 1 aliphatic rings. The molecule has 1 fully saturated rings. The van der Waals surface area contributed by atoms with Crippen LogP contribution in [0, 0.1) is 12.8 Å². The summed E-state index contributed by atoms with van der Waals surface area (Å²) in [6.07, 6.45) is 28.9. The molecule has 39 heavy (non-hydrogen) atoms. The van der Waals surface area contributed by atoms with E-state index in [0.29, 0.717) is 12.0 Å². The van der Waals surface area contributed by atoms with Gasteiger partial charge in [-0.2, -0.15) is 0 Å². The molecule has 2 aromatic rings. The molecule has 0 aliphatic heterocycles. The van der Waals surface area contributed by atoms with Gasteiger partial charge < -0.3 is 9.47 Å². The second-order valence-corrected chi connectivity index (χ2v) is 11.8. The van der Waals surface area contributed by atoms with E-state index in [1.807, 2.05) is 0 Å². The molecule has 1 aromatic carbocycles. The predicted octanol–water partition coefficient (Wildman–Crippen LogP) is 10.7. The van der Waals surface area contributed by atoms with Crippen molar-refractivity contribution in [3.8, 4) is 22.9 Å². The first-order chi connectivity index (χ1) is 19.2. The van der Waals surface area contributed by atoms with Gasteiger partial charge in [0.1, 0.15) is 11.9 Å². The van der Waals surface area contributed by atoms with Gasteiger partial charge in [0.05, 0.1) is 19.0 Å².